The fourth-order valence-corrected chi connectivity index (χ4v) is 9.56. The van der Waals surface area contributed by atoms with Crippen LogP contribution in [0.3, 0.4) is 0 Å². The molecule has 1 unspecified atom stereocenters. The van der Waals surface area contributed by atoms with Gasteiger partial charge < -0.3 is 4.90 Å². The van der Waals surface area contributed by atoms with Gasteiger partial charge in [0, 0.05) is 26.8 Å². The summed E-state index contributed by atoms with van der Waals surface area (Å²) in [6, 6.07) is 71.3. The highest BCUT2D eigenvalue weighted by Gasteiger charge is 2.24. The quantitative estimate of drug-likeness (QED) is 0.160. The van der Waals surface area contributed by atoms with Crippen LogP contribution in [0.5, 0.6) is 0 Å². The minimum absolute atomic E-state index is 0.456. The second-order valence-electron chi connectivity index (χ2n) is 14.1. The molecule has 2 heteroatoms. The lowest BCUT2D eigenvalue weighted by atomic mass is 9.76. The molecular formula is C51H37NS. The van der Waals surface area contributed by atoms with Crippen LogP contribution in [0.2, 0.25) is 0 Å². The predicted molar refractivity (Wildman–Crippen MR) is 227 cm³/mol. The van der Waals surface area contributed by atoms with Crippen LogP contribution in [-0.2, 0) is 12.8 Å². The molecule has 1 aromatic heterocycles. The summed E-state index contributed by atoms with van der Waals surface area (Å²) in [6.45, 7) is 0. The summed E-state index contributed by atoms with van der Waals surface area (Å²) in [5, 5.41) is 2.61. The number of anilines is 3. The van der Waals surface area contributed by atoms with Gasteiger partial charge in [-0.25, -0.2) is 0 Å². The number of fused-ring (bicyclic) bond motifs is 6. The highest BCUT2D eigenvalue weighted by molar-refractivity contribution is 7.26. The van der Waals surface area contributed by atoms with Crippen LogP contribution in [0.4, 0.5) is 17.1 Å². The first kappa shape index (κ1) is 31.5. The minimum Gasteiger partial charge on any atom is -0.309 e. The Morgan fingerprint density at radius 3 is 1.89 bits per heavy atom. The van der Waals surface area contributed by atoms with E-state index >= 15 is 0 Å². The van der Waals surface area contributed by atoms with Gasteiger partial charge in [0.25, 0.3) is 0 Å². The maximum Gasteiger partial charge on any atom is 0.0640 e. The molecular weight excluding hydrogens is 659 g/mol. The average molecular weight is 696 g/mol. The first-order valence-corrected chi connectivity index (χ1v) is 19.3. The fourth-order valence-electron chi connectivity index (χ4n) is 8.35. The van der Waals surface area contributed by atoms with Crippen LogP contribution in [0.1, 0.15) is 22.6 Å². The molecule has 1 atom stereocenters. The first-order chi connectivity index (χ1) is 26.3. The summed E-state index contributed by atoms with van der Waals surface area (Å²) >= 11 is 1.87. The van der Waals surface area contributed by atoms with E-state index in [0.717, 1.165) is 24.2 Å². The summed E-state index contributed by atoms with van der Waals surface area (Å²) in [5.74, 6) is 0.456. The van der Waals surface area contributed by atoms with Crippen molar-refractivity contribution in [3.8, 4) is 33.4 Å². The van der Waals surface area contributed by atoms with Crippen LogP contribution in [0.25, 0.3) is 53.6 Å². The van der Waals surface area contributed by atoms with Crippen LogP contribution < -0.4 is 4.90 Å². The molecule has 1 heterocycles. The third-order valence-corrected chi connectivity index (χ3v) is 12.1. The topological polar surface area (TPSA) is 3.24 Å². The van der Waals surface area contributed by atoms with Crippen molar-refractivity contribution in [1.82, 2.24) is 0 Å². The Kier molecular flexibility index (Phi) is 7.96. The van der Waals surface area contributed by atoms with Gasteiger partial charge in [-0.1, -0.05) is 158 Å². The molecule has 53 heavy (non-hydrogen) atoms. The number of benzene rings is 8. The van der Waals surface area contributed by atoms with E-state index in [1.807, 2.05) is 11.3 Å². The Labute approximate surface area is 315 Å². The SMILES string of the molecule is c1ccc(-c2ccc(N(c3ccc(-c4cccc(CC5Cc6ccccc6-c6ccccc65)c4)cc3)c3cccc4c3sc3ccccc34)cc2)cc1. The monoisotopic (exact) mass is 695 g/mol. The highest BCUT2D eigenvalue weighted by Crippen LogP contribution is 2.46. The number of hydrogen-bond acceptors (Lipinski definition) is 2. The Balaban J connectivity index is 1.00. The Bertz CT molecular complexity index is 2720. The second kappa shape index (κ2) is 13.4. The van der Waals surface area contributed by atoms with Crippen molar-refractivity contribution in [2.45, 2.75) is 18.8 Å². The Hall–Kier alpha value is -6.22. The van der Waals surface area contributed by atoms with E-state index in [1.54, 1.807) is 0 Å². The van der Waals surface area contributed by atoms with E-state index in [4.69, 9.17) is 0 Å². The molecule has 0 radical (unpaired) electrons. The maximum atomic E-state index is 2.42. The van der Waals surface area contributed by atoms with Gasteiger partial charge in [-0.2, -0.15) is 0 Å². The van der Waals surface area contributed by atoms with E-state index in [-0.39, 0.29) is 0 Å². The van der Waals surface area contributed by atoms with Gasteiger partial charge in [-0.05, 0) is 105 Å². The van der Waals surface area contributed by atoms with Crippen molar-refractivity contribution < 1.29 is 0 Å². The maximum absolute atomic E-state index is 2.42. The zero-order chi connectivity index (χ0) is 35.1. The molecule has 9 aromatic rings. The lowest BCUT2D eigenvalue weighted by Crippen LogP contribution is -2.13. The van der Waals surface area contributed by atoms with Crippen LogP contribution >= 0.6 is 11.3 Å². The fraction of sp³-hybridized carbons (Fsp3) is 0.0588. The van der Waals surface area contributed by atoms with Crippen molar-refractivity contribution in [2.75, 3.05) is 4.90 Å². The normalized spacial score (nSPS) is 13.5. The van der Waals surface area contributed by atoms with E-state index in [0.29, 0.717) is 5.92 Å². The van der Waals surface area contributed by atoms with Gasteiger partial charge >= 0.3 is 0 Å². The number of thiophene rings is 1. The largest absolute Gasteiger partial charge is 0.309 e. The van der Waals surface area contributed by atoms with E-state index < -0.39 is 0 Å². The van der Waals surface area contributed by atoms with Crippen molar-refractivity contribution in [1.29, 1.82) is 0 Å². The van der Waals surface area contributed by atoms with E-state index in [9.17, 15) is 0 Å². The third kappa shape index (κ3) is 5.82. The summed E-state index contributed by atoms with van der Waals surface area (Å²) in [7, 11) is 0. The standard InChI is InChI=1S/C51H37NS/c1-2-13-36(14-3-1)37-24-28-42(29-25-37)52(49-22-11-21-48-47-20-8-9-23-50(47)53-51(48)49)43-30-26-38(27-31-43)39-16-10-12-35(32-39)33-41-34-40-15-4-5-17-44(40)46-19-7-6-18-45(41)46/h1-32,41H,33-34H2. The summed E-state index contributed by atoms with van der Waals surface area (Å²) < 4.78 is 2.61. The van der Waals surface area contributed by atoms with E-state index in [2.05, 4.69) is 199 Å². The molecule has 0 amide bonds. The molecule has 1 aliphatic rings. The van der Waals surface area contributed by atoms with Crippen LogP contribution in [0.15, 0.2) is 194 Å². The molecule has 1 nitrogen and oxygen atoms in total. The van der Waals surface area contributed by atoms with E-state index in [1.165, 1.54) is 75.9 Å². The molecule has 8 aromatic carbocycles. The van der Waals surface area contributed by atoms with Gasteiger partial charge in [-0.15, -0.1) is 11.3 Å². The molecule has 0 fully saturated rings. The summed E-state index contributed by atoms with van der Waals surface area (Å²) in [5.41, 5.74) is 15.5. The average Bonchev–Trinajstić information content (AvgIpc) is 3.62. The van der Waals surface area contributed by atoms with Crippen molar-refractivity contribution in [2.24, 2.45) is 0 Å². The first-order valence-electron chi connectivity index (χ1n) is 18.5. The summed E-state index contributed by atoms with van der Waals surface area (Å²) in [4.78, 5) is 2.42. The molecule has 1 aliphatic carbocycles. The molecule has 0 N–H and O–H groups in total. The van der Waals surface area contributed by atoms with Crippen LogP contribution in [-0.4, -0.2) is 0 Å². The van der Waals surface area contributed by atoms with Gasteiger partial charge in [0.2, 0.25) is 0 Å². The predicted octanol–water partition coefficient (Wildman–Crippen LogP) is 14.4. The van der Waals surface area contributed by atoms with Crippen molar-refractivity contribution in [3.05, 3.63) is 211 Å². The second-order valence-corrected chi connectivity index (χ2v) is 15.1. The molecule has 0 aliphatic heterocycles. The number of hydrogen-bond donors (Lipinski definition) is 0. The number of rotatable bonds is 7. The molecule has 0 saturated heterocycles. The number of nitrogens with zero attached hydrogens (tertiary/aromatic N) is 1. The van der Waals surface area contributed by atoms with Gasteiger partial charge in [0.05, 0.1) is 10.4 Å². The molecule has 252 valence electrons. The Morgan fingerprint density at radius 1 is 0.472 bits per heavy atom. The molecule has 0 saturated carbocycles. The zero-order valence-electron chi connectivity index (χ0n) is 29.3. The molecule has 0 bridgehead atoms. The molecule has 10 rings (SSSR count). The lowest BCUT2D eigenvalue weighted by molar-refractivity contribution is 0.673. The van der Waals surface area contributed by atoms with Gasteiger partial charge in [0.15, 0.2) is 0 Å². The summed E-state index contributed by atoms with van der Waals surface area (Å²) in [6.07, 6.45) is 2.09. The zero-order valence-corrected chi connectivity index (χ0v) is 30.1. The minimum atomic E-state index is 0.456. The smallest absolute Gasteiger partial charge is 0.0640 e. The van der Waals surface area contributed by atoms with Crippen LogP contribution in [0, 0.1) is 0 Å². The third-order valence-electron chi connectivity index (χ3n) is 10.9. The van der Waals surface area contributed by atoms with Crippen molar-refractivity contribution >= 4 is 48.6 Å². The van der Waals surface area contributed by atoms with Crippen molar-refractivity contribution in [3.63, 3.8) is 0 Å². The molecule has 0 spiro atoms. The lowest BCUT2D eigenvalue weighted by Gasteiger charge is -2.28. The Morgan fingerprint density at radius 2 is 1.08 bits per heavy atom. The van der Waals surface area contributed by atoms with Gasteiger partial charge in [0.1, 0.15) is 0 Å². The highest BCUT2D eigenvalue weighted by atomic mass is 32.1. The van der Waals surface area contributed by atoms with Gasteiger partial charge in [-0.3, -0.25) is 0 Å².